The second-order valence-corrected chi connectivity index (χ2v) is 3.58. The van der Waals surface area contributed by atoms with Gasteiger partial charge in [0, 0.05) is 5.56 Å². The number of aliphatic hydroxyl groups excluding tert-OH is 1. The molecular formula is C13H15NO6. The van der Waals surface area contributed by atoms with Crippen LogP contribution in [0.25, 0.3) is 5.76 Å². The largest absolute Gasteiger partial charge is 0.505 e. The number of benzene rings is 1. The van der Waals surface area contributed by atoms with Gasteiger partial charge in [0.2, 0.25) is 5.70 Å². The minimum Gasteiger partial charge on any atom is -0.505 e. The lowest BCUT2D eigenvalue weighted by Gasteiger charge is -2.09. The van der Waals surface area contributed by atoms with Crippen LogP contribution in [0.1, 0.15) is 12.5 Å². The van der Waals surface area contributed by atoms with Gasteiger partial charge in [-0.1, -0.05) is 0 Å². The summed E-state index contributed by atoms with van der Waals surface area (Å²) in [7, 11) is 2.89. The molecule has 0 saturated heterocycles. The maximum atomic E-state index is 11.5. The SMILES string of the molecule is CCOC(=O)C(N=O)=C(O)c1ccc(OC)c(OC)c1. The van der Waals surface area contributed by atoms with Crippen molar-refractivity contribution in [3.05, 3.63) is 34.4 Å². The van der Waals surface area contributed by atoms with Crippen molar-refractivity contribution in [1.29, 1.82) is 0 Å². The highest BCUT2D eigenvalue weighted by atomic mass is 16.5. The van der Waals surface area contributed by atoms with Crippen molar-refractivity contribution in [1.82, 2.24) is 0 Å². The third kappa shape index (κ3) is 3.25. The summed E-state index contributed by atoms with van der Waals surface area (Å²) in [6.45, 7) is 1.64. The summed E-state index contributed by atoms with van der Waals surface area (Å²) in [5.74, 6) is -0.791. The van der Waals surface area contributed by atoms with E-state index in [0.29, 0.717) is 11.5 Å². The Labute approximate surface area is 115 Å². The Kier molecular flexibility index (Phi) is 5.52. The summed E-state index contributed by atoms with van der Waals surface area (Å²) in [6.07, 6.45) is 0. The molecule has 0 heterocycles. The minimum atomic E-state index is -0.991. The fourth-order valence-corrected chi connectivity index (χ4v) is 1.50. The maximum Gasteiger partial charge on any atom is 0.364 e. The summed E-state index contributed by atoms with van der Waals surface area (Å²) in [5, 5.41) is 12.5. The van der Waals surface area contributed by atoms with Crippen LogP contribution in [0.4, 0.5) is 0 Å². The number of nitrogens with zero attached hydrogens (tertiary/aromatic N) is 1. The summed E-state index contributed by atoms with van der Waals surface area (Å²) >= 11 is 0. The van der Waals surface area contributed by atoms with Crippen LogP contribution in [-0.2, 0) is 9.53 Å². The summed E-state index contributed by atoms with van der Waals surface area (Å²) in [4.78, 5) is 22.2. The first-order valence-electron chi connectivity index (χ1n) is 5.75. The second kappa shape index (κ2) is 7.13. The molecule has 1 aromatic carbocycles. The van der Waals surface area contributed by atoms with Gasteiger partial charge < -0.3 is 19.3 Å². The molecular weight excluding hydrogens is 266 g/mol. The fourth-order valence-electron chi connectivity index (χ4n) is 1.50. The zero-order chi connectivity index (χ0) is 15.1. The monoisotopic (exact) mass is 281 g/mol. The molecule has 108 valence electrons. The molecule has 20 heavy (non-hydrogen) atoms. The maximum absolute atomic E-state index is 11.5. The number of methoxy groups -OCH3 is 2. The molecule has 1 N–H and O–H groups in total. The Morgan fingerprint density at radius 3 is 2.40 bits per heavy atom. The number of carbonyl (C=O) groups is 1. The average Bonchev–Trinajstić information content (AvgIpc) is 2.47. The molecule has 7 nitrogen and oxygen atoms in total. The van der Waals surface area contributed by atoms with Gasteiger partial charge >= 0.3 is 5.97 Å². The van der Waals surface area contributed by atoms with Gasteiger partial charge in [-0.05, 0) is 30.3 Å². The number of aliphatic hydroxyl groups is 1. The minimum absolute atomic E-state index is 0.0665. The first-order chi connectivity index (χ1) is 9.58. The van der Waals surface area contributed by atoms with E-state index < -0.39 is 17.4 Å². The van der Waals surface area contributed by atoms with Gasteiger partial charge in [0.05, 0.1) is 20.8 Å². The van der Waals surface area contributed by atoms with Crippen LogP contribution in [0.15, 0.2) is 29.1 Å². The Bertz CT molecular complexity index is 538. The van der Waals surface area contributed by atoms with Crippen LogP contribution in [0.5, 0.6) is 11.5 Å². The molecule has 0 aliphatic heterocycles. The fraction of sp³-hybridized carbons (Fsp3) is 0.308. The molecule has 0 bridgehead atoms. The predicted molar refractivity (Wildman–Crippen MR) is 71.5 cm³/mol. The summed E-state index contributed by atoms with van der Waals surface area (Å²) in [5.41, 5.74) is -0.510. The molecule has 0 aliphatic carbocycles. The number of carbonyl (C=O) groups excluding carboxylic acids is 1. The number of hydrogen-bond donors (Lipinski definition) is 1. The third-order valence-electron chi connectivity index (χ3n) is 2.44. The summed E-state index contributed by atoms with van der Waals surface area (Å²) in [6, 6.07) is 4.40. The van der Waals surface area contributed by atoms with Crippen LogP contribution in [-0.4, -0.2) is 31.9 Å². The van der Waals surface area contributed by atoms with Crippen molar-refractivity contribution in [2.75, 3.05) is 20.8 Å². The first kappa shape index (κ1) is 15.5. The van der Waals surface area contributed by atoms with Crippen LogP contribution in [0, 0.1) is 4.91 Å². The molecule has 0 saturated carbocycles. The molecule has 0 unspecified atom stereocenters. The van der Waals surface area contributed by atoms with Crippen LogP contribution in [0.2, 0.25) is 0 Å². The lowest BCUT2D eigenvalue weighted by molar-refractivity contribution is -0.138. The first-order valence-corrected chi connectivity index (χ1v) is 5.75. The number of esters is 1. The van der Waals surface area contributed by atoms with Crippen molar-refractivity contribution in [2.45, 2.75) is 6.92 Å². The zero-order valence-electron chi connectivity index (χ0n) is 11.4. The Morgan fingerprint density at radius 1 is 1.25 bits per heavy atom. The van der Waals surface area contributed by atoms with E-state index in [1.807, 2.05) is 0 Å². The lowest BCUT2D eigenvalue weighted by atomic mass is 10.1. The third-order valence-corrected chi connectivity index (χ3v) is 2.44. The van der Waals surface area contributed by atoms with Crippen molar-refractivity contribution in [2.24, 2.45) is 5.18 Å². The molecule has 7 heteroatoms. The van der Waals surface area contributed by atoms with Gasteiger partial charge in [-0.25, -0.2) is 4.79 Å². The van der Waals surface area contributed by atoms with Gasteiger partial charge in [0.1, 0.15) is 0 Å². The standard InChI is InChI=1S/C13H15NO6/c1-4-20-13(16)11(14-17)12(15)8-5-6-9(18-2)10(7-8)19-3/h5-7,15H,4H2,1-3H3. The van der Waals surface area contributed by atoms with E-state index in [1.165, 1.54) is 32.4 Å². The Morgan fingerprint density at radius 2 is 1.90 bits per heavy atom. The van der Waals surface area contributed by atoms with E-state index >= 15 is 0 Å². The molecule has 0 atom stereocenters. The second-order valence-electron chi connectivity index (χ2n) is 3.58. The van der Waals surface area contributed by atoms with Crippen LogP contribution in [0.3, 0.4) is 0 Å². The lowest BCUT2D eigenvalue weighted by Crippen LogP contribution is -2.08. The number of nitroso groups, excluding NO2 is 1. The highest BCUT2D eigenvalue weighted by Gasteiger charge is 2.20. The van der Waals surface area contributed by atoms with Crippen molar-refractivity contribution in [3.63, 3.8) is 0 Å². The quantitative estimate of drug-likeness (QED) is 0.372. The van der Waals surface area contributed by atoms with Gasteiger partial charge in [0.25, 0.3) is 0 Å². The molecule has 0 fully saturated rings. The topological polar surface area (TPSA) is 94.4 Å². The smallest absolute Gasteiger partial charge is 0.364 e. The van der Waals surface area contributed by atoms with E-state index in [1.54, 1.807) is 6.92 Å². The molecule has 0 aliphatic rings. The van der Waals surface area contributed by atoms with E-state index in [4.69, 9.17) is 9.47 Å². The van der Waals surface area contributed by atoms with Crippen LogP contribution >= 0.6 is 0 Å². The highest BCUT2D eigenvalue weighted by molar-refractivity contribution is 5.95. The molecule has 0 spiro atoms. The molecule has 0 radical (unpaired) electrons. The molecule has 1 aromatic rings. The van der Waals surface area contributed by atoms with Gasteiger partial charge in [-0.2, -0.15) is 0 Å². The van der Waals surface area contributed by atoms with E-state index in [9.17, 15) is 14.8 Å². The van der Waals surface area contributed by atoms with Crippen LogP contribution < -0.4 is 9.47 Å². The molecule has 0 amide bonds. The van der Waals surface area contributed by atoms with Crippen molar-refractivity contribution < 1.29 is 24.1 Å². The zero-order valence-corrected chi connectivity index (χ0v) is 11.4. The van der Waals surface area contributed by atoms with Crippen molar-refractivity contribution >= 4 is 11.7 Å². The summed E-state index contributed by atoms with van der Waals surface area (Å²) < 4.78 is 14.7. The number of ether oxygens (including phenoxy) is 3. The molecule has 1 rings (SSSR count). The van der Waals surface area contributed by atoms with E-state index in [-0.39, 0.29) is 12.2 Å². The number of hydrogen-bond acceptors (Lipinski definition) is 7. The van der Waals surface area contributed by atoms with E-state index in [0.717, 1.165) is 0 Å². The van der Waals surface area contributed by atoms with Gasteiger partial charge in [-0.15, -0.1) is 4.91 Å². The highest BCUT2D eigenvalue weighted by Crippen LogP contribution is 2.30. The predicted octanol–water partition coefficient (Wildman–Crippen LogP) is 2.26. The number of rotatable bonds is 6. The van der Waals surface area contributed by atoms with E-state index in [2.05, 4.69) is 9.91 Å². The Hall–Kier alpha value is -2.57. The van der Waals surface area contributed by atoms with Gasteiger partial charge in [0.15, 0.2) is 17.3 Å². The Balaban J connectivity index is 3.27. The molecule has 0 aromatic heterocycles. The average molecular weight is 281 g/mol. The van der Waals surface area contributed by atoms with Gasteiger partial charge in [-0.3, -0.25) is 0 Å². The normalized spacial score (nSPS) is 11.3. The van der Waals surface area contributed by atoms with Crippen molar-refractivity contribution in [3.8, 4) is 11.5 Å².